The zero-order valence-corrected chi connectivity index (χ0v) is 10.2. The van der Waals surface area contributed by atoms with Gasteiger partial charge in [0.1, 0.15) is 5.60 Å². The molecule has 0 aromatic heterocycles. The van der Waals surface area contributed by atoms with Crippen LogP contribution in [0.5, 0.6) is 0 Å². The molecule has 1 rings (SSSR count). The van der Waals surface area contributed by atoms with Crippen LogP contribution in [0.1, 0.15) is 39.5 Å². The normalized spacial score (nSPS) is 26.9. The molecule has 0 aliphatic carbocycles. The second-order valence-corrected chi connectivity index (χ2v) is 4.28. The van der Waals surface area contributed by atoms with Crippen molar-refractivity contribution in [2.45, 2.75) is 45.1 Å². The van der Waals surface area contributed by atoms with Crippen molar-refractivity contribution in [3.05, 3.63) is 12.0 Å². The third kappa shape index (κ3) is 3.23. The van der Waals surface area contributed by atoms with Gasteiger partial charge in [-0.15, -0.1) is 0 Å². The minimum Gasteiger partial charge on any atom is -0.467 e. The van der Waals surface area contributed by atoms with Crippen LogP contribution < -0.4 is 5.73 Å². The van der Waals surface area contributed by atoms with Gasteiger partial charge >= 0.3 is 0 Å². The summed E-state index contributed by atoms with van der Waals surface area (Å²) in [6, 6.07) is 0. The van der Waals surface area contributed by atoms with Crippen LogP contribution in [0.2, 0.25) is 0 Å². The minimum absolute atomic E-state index is 0.263. The van der Waals surface area contributed by atoms with Gasteiger partial charge in [0, 0.05) is 19.2 Å². The van der Waals surface area contributed by atoms with Crippen molar-refractivity contribution in [2.75, 3.05) is 13.2 Å². The number of rotatable bonds is 6. The lowest BCUT2D eigenvalue weighted by molar-refractivity contribution is 0.0870. The van der Waals surface area contributed by atoms with Gasteiger partial charge in [-0.3, -0.25) is 4.99 Å². The van der Waals surface area contributed by atoms with Gasteiger partial charge in [-0.05, 0) is 32.6 Å². The molecule has 16 heavy (non-hydrogen) atoms. The molecule has 0 fully saturated rings. The van der Waals surface area contributed by atoms with Gasteiger partial charge in [0.15, 0.2) is 5.88 Å². The number of hydrogen-bond acceptors (Lipinski definition) is 4. The Labute approximate surface area is 97.2 Å². The van der Waals surface area contributed by atoms with E-state index in [-0.39, 0.29) is 12.2 Å². The first kappa shape index (κ1) is 13.0. The third-order valence-electron chi connectivity index (χ3n) is 2.94. The van der Waals surface area contributed by atoms with Gasteiger partial charge in [-0.25, -0.2) is 0 Å². The lowest BCUT2D eigenvalue weighted by Crippen LogP contribution is -2.32. The predicted octanol–water partition coefficient (Wildman–Crippen LogP) is 1.59. The maximum atomic E-state index is 8.65. The molecule has 1 aliphatic rings. The molecule has 3 N–H and O–H groups in total. The molecule has 92 valence electrons. The van der Waals surface area contributed by atoms with E-state index in [4.69, 9.17) is 15.6 Å². The number of nitrogens with two attached hydrogens (primary N) is 1. The molecule has 4 heteroatoms. The third-order valence-corrected chi connectivity index (χ3v) is 2.94. The lowest BCUT2D eigenvalue weighted by atomic mass is 9.98. The number of hydrogen-bond donors (Lipinski definition) is 2. The molecule has 0 spiro atoms. The quantitative estimate of drug-likeness (QED) is 0.676. The monoisotopic (exact) mass is 226 g/mol. The maximum absolute atomic E-state index is 8.65. The minimum atomic E-state index is -0.346. The summed E-state index contributed by atoms with van der Waals surface area (Å²) in [5, 5.41) is 8.65. The molecule has 0 aromatic carbocycles. The summed E-state index contributed by atoms with van der Waals surface area (Å²) in [6.07, 6.45) is 5.54. The largest absolute Gasteiger partial charge is 0.467 e. The highest BCUT2D eigenvalue weighted by molar-refractivity contribution is 6.03. The van der Waals surface area contributed by atoms with Gasteiger partial charge in [0.2, 0.25) is 0 Å². The van der Waals surface area contributed by atoms with E-state index >= 15 is 0 Å². The fourth-order valence-corrected chi connectivity index (χ4v) is 1.70. The van der Waals surface area contributed by atoms with E-state index in [1.54, 1.807) is 0 Å². The number of nitrogens with zero attached hydrogens (tertiary/aromatic N) is 1. The second-order valence-electron chi connectivity index (χ2n) is 4.28. The molecular formula is C12H22N2O2. The van der Waals surface area contributed by atoms with E-state index in [0.717, 1.165) is 37.9 Å². The summed E-state index contributed by atoms with van der Waals surface area (Å²) in [5.41, 5.74) is 6.25. The lowest BCUT2D eigenvalue weighted by Gasteiger charge is -2.23. The highest BCUT2D eigenvalue weighted by atomic mass is 16.5. The number of unbranched alkanes of at least 4 members (excludes halogenated alkanes) is 2. The highest BCUT2D eigenvalue weighted by Crippen LogP contribution is 2.26. The van der Waals surface area contributed by atoms with Gasteiger partial charge in [-0.2, -0.15) is 0 Å². The SMILES string of the molecule is CCC1(C)OC(N)=CC1=NCCCCCO. The van der Waals surface area contributed by atoms with Gasteiger partial charge < -0.3 is 15.6 Å². The summed E-state index contributed by atoms with van der Waals surface area (Å²) in [4.78, 5) is 4.52. The van der Waals surface area contributed by atoms with Crippen molar-refractivity contribution in [3.8, 4) is 0 Å². The Morgan fingerprint density at radius 2 is 2.19 bits per heavy atom. The van der Waals surface area contributed by atoms with Crippen molar-refractivity contribution in [1.82, 2.24) is 0 Å². The zero-order valence-electron chi connectivity index (χ0n) is 10.2. The van der Waals surface area contributed by atoms with E-state index in [1.165, 1.54) is 0 Å². The molecule has 1 atom stereocenters. The second kappa shape index (κ2) is 5.89. The fourth-order valence-electron chi connectivity index (χ4n) is 1.70. The van der Waals surface area contributed by atoms with Crippen molar-refractivity contribution < 1.29 is 9.84 Å². The average Bonchev–Trinajstić information content (AvgIpc) is 2.54. The first-order chi connectivity index (χ1) is 7.62. The number of aliphatic hydroxyl groups is 1. The molecule has 0 amide bonds. The molecule has 1 heterocycles. The molecule has 1 aliphatic heterocycles. The summed E-state index contributed by atoms with van der Waals surface area (Å²) < 4.78 is 5.56. The average molecular weight is 226 g/mol. The van der Waals surface area contributed by atoms with Crippen LogP contribution in [0, 0.1) is 0 Å². The Balaban J connectivity index is 2.47. The number of aliphatic hydroxyl groups excluding tert-OH is 1. The van der Waals surface area contributed by atoms with Crippen molar-refractivity contribution in [3.63, 3.8) is 0 Å². The molecule has 4 nitrogen and oxygen atoms in total. The first-order valence-corrected chi connectivity index (χ1v) is 5.94. The van der Waals surface area contributed by atoms with Crippen molar-refractivity contribution in [2.24, 2.45) is 10.7 Å². The summed E-state index contributed by atoms with van der Waals surface area (Å²) in [7, 11) is 0. The van der Waals surface area contributed by atoms with E-state index in [1.807, 2.05) is 13.0 Å². The summed E-state index contributed by atoms with van der Waals surface area (Å²) >= 11 is 0. The van der Waals surface area contributed by atoms with E-state index in [2.05, 4.69) is 11.9 Å². The molecule has 0 saturated carbocycles. The molecule has 0 saturated heterocycles. The summed E-state index contributed by atoms with van der Waals surface area (Å²) in [6.45, 7) is 5.11. The van der Waals surface area contributed by atoms with Crippen molar-refractivity contribution >= 4 is 5.71 Å². The number of aliphatic imine (C=N–C) groups is 1. The van der Waals surface area contributed by atoms with Gasteiger partial charge in [0.25, 0.3) is 0 Å². The van der Waals surface area contributed by atoms with Crippen LogP contribution >= 0.6 is 0 Å². The Kier molecular flexibility index (Phi) is 4.80. The van der Waals surface area contributed by atoms with Crippen LogP contribution in [-0.2, 0) is 4.74 Å². The predicted molar refractivity (Wildman–Crippen MR) is 65.3 cm³/mol. The zero-order chi connectivity index (χ0) is 12.0. The topological polar surface area (TPSA) is 67.8 Å². The Morgan fingerprint density at radius 1 is 1.44 bits per heavy atom. The van der Waals surface area contributed by atoms with Crippen LogP contribution in [0.3, 0.4) is 0 Å². The smallest absolute Gasteiger partial charge is 0.187 e. The maximum Gasteiger partial charge on any atom is 0.187 e. The van der Waals surface area contributed by atoms with E-state index < -0.39 is 0 Å². The van der Waals surface area contributed by atoms with Crippen molar-refractivity contribution in [1.29, 1.82) is 0 Å². The standard InChI is InChI=1S/C12H22N2O2/c1-3-12(2)10(9-11(13)16-12)14-7-5-4-6-8-15/h9,15H,3-8,13H2,1-2H3. The van der Waals surface area contributed by atoms with E-state index in [0.29, 0.717) is 5.88 Å². The summed E-state index contributed by atoms with van der Waals surface area (Å²) in [5.74, 6) is 0.457. The van der Waals surface area contributed by atoms with Crippen LogP contribution in [-0.4, -0.2) is 29.6 Å². The highest BCUT2D eigenvalue weighted by Gasteiger charge is 2.35. The van der Waals surface area contributed by atoms with Crippen LogP contribution in [0.15, 0.2) is 17.0 Å². The Morgan fingerprint density at radius 3 is 2.81 bits per heavy atom. The molecule has 0 bridgehead atoms. The van der Waals surface area contributed by atoms with Crippen LogP contribution in [0.25, 0.3) is 0 Å². The molecular weight excluding hydrogens is 204 g/mol. The van der Waals surface area contributed by atoms with E-state index in [9.17, 15) is 0 Å². The molecule has 0 radical (unpaired) electrons. The van der Waals surface area contributed by atoms with Gasteiger partial charge in [-0.1, -0.05) is 6.92 Å². The molecule has 0 aromatic rings. The Hall–Kier alpha value is -1.03. The molecule has 1 unspecified atom stereocenters. The Bertz CT molecular complexity index is 287. The van der Waals surface area contributed by atoms with Crippen LogP contribution in [0.4, 0.5) is 0 Å². The first-order valence-electron chi connectivity index (χ1n) is 5.94. The number of ether oxygens (including phenoxy) is 1. The fraction of sp³-hybridized carbons (Fsp3) is 0.750. The van der Waals surface area contributed by atoms with Gasteiger partial charge in [0.05, 0.1) is 5.71 Å².